The van der Waals surface area contributed by atoms with E-state index in [0.717, 1.165) is 59.5 Å². The van der Waals surface area contributed by atoms with Gasteiger partial charge in [-0.3, -0.25) is 0 Å². The molecular weight excluding hydrogens is 426 g/mol. The van der Waals surface area contributed by atoms with Crippen molar-refractivity contribution in [1.82, 2.24) is 9.88 Å². The van der Waals surface area contributed by atoms with Gasteiger partial charge in [0.05, 0.1) is 16.8 Å². The number of rotatable bonds is 7. The Labute approximate surface area is 202 Å². The van der Waals surface area contributed by atoms with Crippen LogP contribution in [0, 0.1) is 20.8 Å². The van der Waals surface area contributed by atoms with Gasteiger partial charge in [0.1, 0.15) is 0 Å². The van der Waals surface area contributed by atoms with Gasteiger partial charge in [-0.05, 0) is 71.3 Å². The van der Waals surface area contributed by atoms with Crippen molar-refractivity contribution in [2.75, 3.05) is 31.6 Å². The minimum Gasteiger partial charge on any atom is -0.479 e. The third kappa shape index (κ3) is 4.32. The maximum Gasteiger partial charge on any atom is 0.337 e. The molecule has 0 spiro atoms. The maximum absolute atomic E-state index is 12.7. The average molecular weight is 464 g/mol. The van der Waals surface area contributed by atoms with Gasteiger partial charge >= 0.3 is 5.97 Å². The number of hydrogen-bond donors (Lipinski definition) is 2. The van der Waals surface area contributed by atoms with Gasteiger partial charge in [-0.1, -0.05) is 29.8 Å². The summed E-state index contributed by atoms with van der Waals surface area (Å²) in [4.78, 5) is 15.1. The van der Waals surface area contributed by atoms with E-state index in [0.29, 0.717) is 0 Å². The lowest BCUT2D eigenvalue weighted by molar-refractivity contribution is -0.160. The molecule has 4 rings (SSSR count). The van der Waals surface area contributed by atoms with Crippen LogP contribution in [0.25, 0.3) is 22.0 Å². The lowest BCUT2D eigenvalue weighted by Gasteiger charge is -2.36. The van der Waals surface area contributed by atoms with Crippen LogP contribution >= 0.6 is 0 Å². The quantitative estimate of drug-likeness (QED) is 0.503. The molecule has 1 aliphatic rings. The molecule has 1 aliphatic heterocycles. The van der Waals surface area contributed by atoms with E-state index >= 15 is 0 Å². The summed E-state index contributed by atoms with van der Waals surface area (Å²) in [5.74, 6) is -0.966. The Bertz CT molecular complexity index is 1220. The molecule has 0 radical (unpaired) electrons. The second kappa shape index (κ2) is 9.08. The minimum atomic E-state index is -1.08. The van der Waals surface area contributed by atoms with Crippen LogP contribution < -0.4 is 10.2 Å². The molecule has 0 bridgehead atoms. The predicted octanol–water partition coefficient (Wildman–Crippen LogP) is 5.21. The summed E-state index contributed by atoms with van der Waals surface area (Å²) < 4.78 is 8.62. The second-order valence-electron chi connectivity index (χ2n) is 10.4. The normalized spacial score (nSPS) is 14.6. The monoisotopic (exact) mass is 463 g/mol. The molecule has 6 heteroatoms. The van der Waals surface area contributed by atoms with Crippen molar-refractivity contribution in [3.05, 3.63) is 52.7 Å². The zero-order chi connectivity index (χ0) is 24.8. The topological polar surface area (TPSA) is 66.7 Å². The molecule has 34 heavy (non-hydrogen) atoms. The number of benzene rings is 2. The minimum absolute atomic E-state index is 0.611. The molecular formula is C28H37N3O3. The third-order valence-corrected chi connectivity index (χ3v) is 6.67. The Morgan fingerprint density at radius 1 is 1.15 bits per heavy atom. The third-order valence-electron chi connectivity index (χ3n) is 6.67. The predicted molar refractivity (Wildman–Crippen MR) is 139 cm³/mol. The van der Waals surface area contributed by atoms with Crippen LogP contribution in [0.4, 0.5) is 5.69 Å². The first kappa shape index (κ1) is 24.3. The summed E-state index contributed by atoms with van der Waals surface area (Å²) in [6.45, 7) is 15.5. The average Bonchev–Trinajstić information content (AvgIpc) is 3.10. The molecule has 2 N–H and O–H groups in total. The molecule has 0 saturated heterocycles. The first-order chi connectivity index (χ1) is 16.0. The van der Waals surface area contributed by atoms with Crippen LogP contribution in [0.2, 0.25) is 0 Å². The number of aromatic nitrogens is 1. The number of anilines is 1. The van der Waals surface area contributed by atoms with Crippen molar-refractivity contribution in [1.29, 1.82) is 0 Å². The number of aryl methyl sites for hydroxylation is 2. The van der Waals surface area contributed by atoms with Gasteiger partial charge in [-0.25, -0.2) is 4.79 Å². The molecule has 182 valence electrons. The first-order valence-electron chi connectivity index (χ1n) is 12.1. The van der Waals surface area contributed by atoms with Crippen molar-refractivity contribution in [2.45, 2.75) is 59.8 Å². The number of likely N-dealkylation sites (N-methyl/N-ethyl adjacent to an activating group) is 1. The molecule has 0 saturated carbocycles. The highest BCUT2D eigenvalue weighted by Crippen LogP contribution is 2.47. The van der Waals surface area contributed by atoms with E-state index in [4.69, 9.17) is 4.74 Å². The molecule has 0 fully saturated rings. The lowest BCUT2D eigenvalue weighted by Crippen LogP contribution is -2.37. The first-order valence-corrected chi connectivity index (χ1v) is 12.1. The Morgan fingerprint density at radius 3 is 2.41 bits per heavy atom. The number of carboxylic acids is 1. The zero-order valence-corrected chi connectivity index (χ0v) is 21.5. The molecule has 2 aromatic carbocycles. The summed E-state index contributed by atoms with van der Waals surface area (Å²) in [6.07, 6.45) is -1.08. The molecule has 0 amide bonds. The van der Waals surface area contributed by atoms with Crippen molar-refractivity contribution in [3.63, 3.8) is 0 Å². The van der Waals surface area contributed by atoms with E-state index < -0.39 is 17.7 Å². The van der Waals surface area contributed by atoms with Crippen molar-refractivity contribution >= 4 is 22.6 Å². The molecule has 1 atom stereocenters. The smallest absolute Gasteiger partial charge is 0.337 e. The van der Waals surface area contributed by atoms with Gasteiger partial charge in [-0.15, -0.1) is 0 Å². The summed E-state index contributed by atoms with van der Waals surface area (Å²) in [7, 11) is 1.96. The number of hydrogen-bond acceptors (Lipinski definition) is 4. The van der Waals surface area contributed by atoms with Gasteiger partial charge in [0, 0.05) is 42.8 Å². The van der Waals surface area contributed by atoms with E-state index in [1.54, 1.807) is 0 Å². The van der Waals surface area contributed by atoms with Crippen LogP contribution in [-0.4, -0.2) is 47.9 Å². The fourth-order valence-electron chi connectivity index (χ4n) is 5.18. The Balaban J connectivity index is 2.12. The SMILES string of the molecule is CNCCN1CCn2c(C)cc3c(-c4ccc(C)cc4)c([C@H](OC(C)(C)C)C(=O)O)c(C)c1c32. The van der Waals surface area contributed by atoms with Crippen LogP contribution in [-0.2, 0) is 16.1 Å². The molecule has 0 unspecified atom stereocenters. The van der Waals surface area contributed by atoms with Crippen LogP contribution in [0.3, 0.4) is 0 Å². The highest BCUT2D eigenvalue weighted by molar-refractivity contribution is 6.07. The van der Waals surface area contributed by atoms with Crippen LogP contribution in [0.5, 0.6) is 0 Å². The lowest BCUT2D eigenvalue weighted by atomic mass is 9.87. The number of ether oxygens (including phenoxy) is 1. The summed E-state index contributed by atoms with van der Waals surface area (Å²) >= 11 is 0. The largest absolute Gasteiger partial charge is 0.479 e. The summed E-state index contributed by atoms with van der Waals surface area (Å²) in [6, 6.07) is 10.6. The highest BCUT2D eigenvalue weighted by atomic mass is 16.5. The second-order valence-corrected chi connectivity index (χ2v) is 10.4. The van der Waals surface area contributed by atoms with Crippen LogP contribution in [0.15, 0.2) is 30.3 Å². The van der Waals surface area contributed by atoms with Crippen LogP contribution in [0.1, 0.15) is 49.3 Å². The Morgan fingerprint density at radius 2 is 1.82 bits per heavy atom. The fraction of sp³-hybridized carbons (Fsp3) is 0.464. The number of aliphatic carboxylic acids is 1. The van der Waals surface area contributed by atoms with E-state index in [1.165, 1.54) is 16.8 Å². The van der Waals surface area contributed by atoms with E-state index in [9.17, 15) is 9.90 Å². The van der Waals surface area contributed by atoms with E-state index in [-0.39, 0.29) is 0 Å². The molecule has 3 aromatic rings. The highest BCUT2D eigenvalue weighted by Gasteiger charge is 2.35. The van der Waals surface area contributed by atoms with Gasteiger partial charge in [0.2, 0.25) is 0 Å². The van der Waals surface area contributed by atoms with Crippen molar-refractivity contribution in [3.8, 4) is 11.1 Å². The number of carboxylic acid groups (broad SMARTS) is 1. The van der Waals surface area contributed by atoms with E-state index in [2.05, 4.69) is 65.9 Å². The van der Waals surface area contributed by atoms with Gasteiger partial charge in [0.25, 0.3) is 0 Å². The fourth-order valence-corrected chi connectivity index (χ4v) is 5.18. The molecule has 0 aliphatic carbocycles. The number of nitrogens with zero attached hydrogens (tertiary/aromatic N) is 2. The van der Waals surface area contributed by atoms with Gasteiger partial charge in [0.15, 0.2) is 6.10 Å². The van der Waals surface area contributed by atoms with Crippen molar-refractivity contribution < 1.29 is 14.6 Å². The summed E-state index contributed by atoms with van der Waals surface area (Å²) in [5, 5.41) is 14.7. The molecule has 2 heterocycles. The zero-order valence-electron chi connectivity index (χ0n) is 21.5. The van der Waals surface area contributed by atoms with Crippen molar-refractivity contribution in [2.24, 2.45) is 0 Å². The number of nitrogens with one attached hydrogen (secondary N) is 1. The Kier molecular flexibility index (Phi) is 6.49. The number of carbonyl (C=O) groups is 1. The molecule has 1 aromatic heterocycles. The Hall–Kier alpha value is -2.83. The standard InChI is InChI=1S/C28H37N3O3/c1-17-8-10-20(11-9-17)23-21-16-18(2)31-15-14-30(13-12-29-7)24(25(21)31)19(3)22(23)26(27(32)33)34-28(4,5)6/h8-11,16,26,29H,12-15H2,1-7H3,(H,32,33)/t26-/m0/s1. The van der Waals surface area contributed by atoms with Gasteiger partial charge in [-0.2, -0.15) is 0 Å². The molecule has 6 nitrogen and oxygen atoms in total. The van der Waals surface area contributed by atoms with E-state index in [1.807, 2.05) is 27.8 Å². The maximum atomic E-state index is 12.7. The van der Waals surface area contributed by atoms with Gasteiger partial charge < -0.3 is 24.6 Å². The summed E-state index contributed by atoms with van der Waals surface area (Å²) in [5.41, 5.74) is 7.78.